The average Bonchev–Trinajstić information content (AvgIpc) is 3.55. The zero-order valence-electron chi connectivity index (χ0n) is 18.0. The largest absolute Gasteiger partial charge is 0.419 e. The third kappa shape index (κ3) is 4.19. The highest BCUT2D eigenvalue weighted by Crippen LogP contribution is 2.41. The van der Waals surface area contributed by atoms with Crippen molar-refractivity contribution in [3.8, 4) is 22.8 Å². The van der Waals surface area contributed by atoms with E-state index in [1.165, 1.54) is 18.4 Å². The lowest BCUT2D eigenvalue weighted by atomic mass is 10.1. The highest BCUT2D eigenvalue weighted by atomic mass is 35.5. The Kier molecular flexibility index (Phi) is 6.02. The zero-order chi connectivity index (χ0) is 22.1. The Labute approximate surface area is 196 Å². The van der Waals surface area contributed by atoms with Gasteiger partial charge in [0.05, 0.1) is 10.3 Å². The number of aryl methyl sites for hydroxylation is 1. The molecule has 164 valence electrons. The van der Waals surface area contributed by atoms with E-state index in [-0.39, 0.29) is 5.25 Å². The number of thioether (sulfide) groups is 1. The van der Waals surface area contributed by atoms with E-state index < -0.39 is 0 Å². The second-order valence-corrected chi connectivity index (χ2v) is 9.88. The van der Waals surface area contributed by atoms with Gasteiger partial charge in [0, 0.05) is 17.2 Å². The molecule has 8 heteroatoms. The van der Waals surface area contributed by atoms with Crippen LogP contribution < -0.4 is 0 Å². The van der Waals surface area contributed by atoms with Crippen LogP contribution in [0.4, 0.5) is 0 Å². The number of halogens is 1. The molecule has 0 N–H and O–H groups in total. The lowest BCUT2D eigenvalue weighted by Gasteiger charge is -2.18. The summed E-state index contributed by atoms with van der Waals surface area (Å²) in [6.07, 6.45) is 4.67. The summed E-state index contributed by atoms with van der Waals surface area (Å²) in [5.74, 6) is 1.93. The molecule has 0 saturated heterocycles. The molecule has 0 spiro atoms. The van der Waals surface area contributed by atoms with Gasteiger partial charge in [0.2, 0.25) is 11.8 Å². The molecule has 1 atom stereocenters. The van der Waals surface area contributed by atoms with Crippen molar-refractivity contribution in [2.45, 2.75) is 56.0 Å². The van der Waals surface area contributed by atoms with Gasteiger partial charge in [0.15, 0.2) is 11.0 Å². The van der Waals surface area contributed by atoms with Crippen LogP contribution >= 0.6 is 23.4 Å². The van der Waals surface area contributed by atoms with E-state index >= 15 is 0 Å². The number of hydrogen-bond donors (Lipinski definition) is 0. The third-order valence-corrected chi connectivity index (χ3v) is 7.21. The molecule has 4 aromatic rings. The van der Waals surface area contributed by atoms with E-state index in [4.69, 9.17) is 16.0 Å². The minimum atomic E-state index is -0.0647. The summed E-state index contributed by atoms with van der Waals surface area (Å²) < 4.78 is 8.25. The van der Waals surface area contributed by atoms with E-state index in [0.29, 0.717) is 22.8 Å². The minimum Gasteiger partial charge on any atom is -0.419 e. The van der Waals surface area contributed by atoms with Crippen molar-refractivity contribution >= 4 is 23.4 Å². The standard InChI is InChI=1S/C24H24ClN5OS/c1-15-11-13-17(14-12-15)23-28-27-22(31-23)16(2)32-24-29-26-21(19-9-5-6-10-20(19)25)30(24)18-7-3-4-8-18/h5-6,9-14,16,18H,3-4,7-8H2,1-2H3. The van der Waals surface area contributed by atoms with E-state index in [1.54, 1.807) is 11.8 Å². The van der Waals surface area contributed by atoms with Crippen LogP contribution in [0.2, 0.25) is 5.02 Å². The van der Waals surface area contributed by atoms with Gasteiger partial charge < -0.3 is 4.42 Å². The Morgan fingerprint density at radius 3 is 2.50 bits per heavy atom. The summed E-state index contributed by atoms with van der Waals surface area (Å²) in [6.45, 7) is 4.11. The molecule has 1 unspecified atom stereocenters. The number of benzene rings is 2. The Bertz CT molecular complexity index is 1210. The molecule has 1 fully saturated rings. The van der Waals surface area contributed by atoms with Gasteiger partial charge in [-0.1, -0.05) is 66.0 Å². The van der Waals surface area contributed by atoms with Gasteiger partial charge in [0.1, 0.15) is 0 Å². The fourth-order valence-electron chi connectivity index (χ4n) is 4.10. The number of aromatic nitrogens is 5. The molecule has 0 radical (unpaired) electrons. The van der Waals surface area contributed by atoms with Gasteiger partial charge >= 0.3 is 0 Å². The van der Waals surface area contributed by atoms with E-state index in [1.807, 2.05) is 48.5 Å². The highest BCUT2D eigenvalue weighted by molar-refractivity contribution is 7.99. The summed E-state index contributed by atoms with van der Waals surface area (Å²) in [6, 6.07) is 16.3. The lowest BCUT2D eigenvalue weighted by Crippen LogP contribution is -2.09. The zero-order valence-corrected chi connectivity index (χ0v) is 19.6. The van der Waals surface area contributed by atoms with Crippen molar-refractivity contribution in [2.24, 2.45) is 0 Å². The van der Waals surface area contributed by atoms with Crippen molar-refractivity contribution < 1.29 is 4.42 Å². The predicted molar refractivity (Wildman–Crippen MR) is 127 cm³/mol. The molecule has 2 aromatic heterocycles. The molecule has 2 heterocycles. The average molecular weight is 466 g/mol. The molecule has 0 bridgehead atoms. The molecule has 2 aromatic carbocycles. The van der Waals surface area contributed by atoms with Gasteiger partial charge in [-0.2, -0.15) is 0 Å². The van der Waals surface area contributed by atoms with E-state index in [2.05, 4.69) is 38.8 Å². The van der Waals surface area contributed by atoms with Gasteiger partial charge in [-0.15, -0.1) is 20.4 Å². The van der Waals surface area contributed by atoms with E-state index in [9.17, 15) is 0 Å². The minimum absolute atomic E-state index is 0.0647. The number of nitrogens with zero attached hydrogens (tertiary/aromatic N) is 5. The van der Waals surface area contributed by atoms with Crippen molar-refractivity contribution in [3.05, 3.63) is 65.0 Å². The molecular weight excluding hydrogens is 442 g/mol. The monoisotopic (exact) mass is 465 g/mol. The third-order valence-electron chi connectivity index (χ3n) is 5.84. The summed E-state index contributed by atoms with van der Waals surface area (Å²) in [5, 5.41) is 19.1. The number of hydrogen-bond acceptors (Lipinski definition) is 6. The summed E-state index contributed by atoms with van der Waals surface area (Å²) >= 11 is 8.09. The van der Waals surface area contributed by atoms with Gasteiger partial charge in [0.25, 0.3) is 0 Å². The van der Waals surface area contributed by atoms with Crippen LogP contribution in [0.5, 0.6) is 0 Å². The first kappa shape index (κ1) is 21.2. The van der Waals surface area contributed by atoms with Crippen LogP contribution in [0.3, 0.4) is 0 Å². The summed E-state index contributed by atoms with van der Waals surface area (Å²) in [5.41, 5.74) is 3.02. The Balaban J connectivity index is 1.44. The summed E-state index contributed by atoms with van der Waals surface area (Å²) in [4.78, 5) is 0. The normalized spacial score (nSPS) is 15.3. The SMILES string of the molecule is Cc1ccc(-c2nnc(C(C)Sc3nnc(-c4ccccc4Cl)n3C3CCCC3)o2)cc1. The molecule has 1 aliphatic rings. The Morgan fingerprint density at radius 1 is 1.00 bits per heavy atom. The molecule has 1 saturated carbocycles. The van der Waals surface area contributed by atoms with Gasteiger partial charge in [-0.25, -0.2) is 0 Å². The molecule has 5 rings (SSSR count). The molecular formula is C24H24ClN5OS. The van der Waals surface area contributed by atoms with Crippen LogP contribution in [0.15, 0.2) is 58.1 Å². The smallest absolute Gasteiger partial charge is 0.247 e. The second kappa shape index (κ2) is 9.08. The fourth-order valence-corrected chi connectivity index (χ4v) is 5.26. The first-order valence-electron chi connectivity index (χ1n) is 10.9. The Hall–Kier alpha value is -2.64. The fraction of sp³-hybridized carbons (Fsp3) is 0.333. The van der Waals surface area contributed by atoms with E-state index in [0.717, 1.165) is 34.9 Å². The Morgan fingerprint density at radius 2 is 1.75 bits per heavy atom. The van der Waals surface area contributed by atoms with Crippen molar-refractivity contribution in [1.82, 2.24) is 25.0 Å². The van der Waals surface area contributed by atoms with Crippen LogP contribution in [-0.2, 0) is 0 Å². The first-order valence-corrected chi connectivity index (χ1v) is 12.1. The maximum absolute atomic E-state index is 6.50. The molecule has 6 nitrogen and oxygen atoms in total. The lowest BCUT2D eigenvalue weighted by molar-refractivity contribution is 0.482. The van der Waals surface area contributed by atoms with Crippen LogP contribution in [-0.4, -0.2) is 25.0 Å². The van der Waals surface area contributed by atoms with Gasteiger partial charge in [-0.3, -0.25) is 4.57 Å². The van der Waals surface area contributed by atoms with Crippen LogP contribution in [0.1, 0.15) is 55.4 Å². The quantitative estimate of drug-likeness (QED) is 0.287. The summed E-state index contributed by atoms with van der Waals surface area (Å²) in [7, 11) is 0. The molecule has 32 heavy (non-hydrogen) atoms. The predicted octanol–water partition coefficient (Wildman–Crippen LogP) is 6.93. The maximum atomic E-state index is 6.50. The first-order chi connectivity index (χ1) is 15.6. The van der Waals surface area contributed by atoms with Crippen LogP contribution in [0, 0.1) is 6.92 Å². The van der Waals surface area contributed by atoms with Crippen molar-refractivity contribution in [1.29, 1.82) is 0 Å². The van der Waals surface area contributed by atoms with Crippen molar-refractivity contribution in [3.63, 3.8) is 0 Å². The highest BCUT2D eigenvalue weighted by Gasteiger charge is 2.28. The molecule has 0 amide bonds. The van der Waals surface area contributed by atoms with Crippen molar-refractivity contribution in [2.75, 3.05) is 0 Å². The maximum Gasteiger partial charge on any atom is 0.247 e. The topological polar surface area (TPSA) is 69.6 Å². The van der Waals surface area contributed by atoms with Gasteiger partial charge in [-0.05, 0) is 51.0 Å². The second-order valence-electron chi connectivity index (χ2n) is 8.17. The molecule has 1 aliphatic carbocycles. The molecule has 0 aliphatic heterocycles. The number of rotatable bonds is 6. The van der Waals surface area contributed by atoms with Crippen LogP contribution in [0.25, 0.3) is 22.8 Å².